The van der Waals surface area contributed by atoms with E-state index >= 15 is 0 Å². The van der Waals surface area contributed by atoms with Crippen molar-refractivity contribution in [1.29, 1.82) is 0 Å². The van der Waals surface area contributed by atoms with Crippen LogP contribution in [0.3, 0.4) is 0 Å². The summed E-state index contributed by atoms with van der Waals surface area (Å²) in [6.45, 7) is 2.06. The fraction of sp³-hybridized carbons (Fsp3) is 0.350. The molecule has 1 heterocycles. The average molecular weight is 420 g/mol. The van der Waals surface area contributed by atoms with Crippen molar-refractivity contribution in [3.8, 4) is 17.2 Å². The third-order valence-electron chi connectivity index (χ3n) is 4.88. The van der Waals surface area contributed by atoms with Crippen LogP contribution in [0, 0.1) is 6.92 Å². The largest absolute Gasteiger partial charge is 0.506 e. The quantitative estimate of drug-likeness (QED) is 0.696. The summed E-state index contributed by atoms with van der Waals surface area (Å²) in [6.07, 6.45) is 0.954. The molecular formula is C20H24N2O6S. The third-order valence-corrected chi connectivity index (χ3v) is 6.78. The van der Waals surface area contributed by atoms with E-state index in [4.69, 9.17) is 9.47 Å². The monoisotopic (exact) mass is 420 g/mol. The van der Waals surface area contributed by atoms with Gasteiger partial charge in [0.05, 0.1) is 24.8 Å². The fourth-order valence-electron chi connectivity index (χ4n) is 3.37. The standard InChI is InChI=1S/C20H24N2O6S/c1-13-6-8-17(23)15(11-13)21-20(24)16-5-4-10-22(16)29(25,26)14-7-9-18(27-2)19(12-14)28-3/h6-9,11-12,16,23H,4-5,10H2,1-3H3,(H,21,24). The number of ether oxygens (including phenoxy) is 2. The summed E-state index contributed by atoms with van der Waals surface area (Å²) >= 11 is 0. The molecular weight excluding hydrogens is 396 g/mol. The number of aryl methyl sites for hydroxylation is 1. The third kappa shape index (κ3) is 4.15. The maximum atomic E-state index is 13.2. The van der Waals surface area contributed by atoms with Gasteiger partial charge < -0.3 is 19.9 Å². The maximum absolute atomic E-state index is 13.2. The Morgan fingerprint density at radius 2 is 1.86 bits per heavy atom. The summed E-state index contributed by atoms with van der Waals surface area (Å²) in [5.41, 5.74) is 1.12. The SMILES string of the molecule is COc1ccc(S(=O)(=O)N2CCCC2C(=O)Nc2cc(C)ccc2O)cc1OC. The Bertz CT molecular complexity index is 1020. The Hall–Kier alpha value is -2.78. The van der Waals surface area contributed by atoms with Crippen LogP contribution in [0.2, 0.25) is 0 Å². The molecule has 3 rings (SSSR count). The number of carbonyl (C=O) groups excluding carboxylic acids is 1. The van der Waals surface area contributed by atoms with Crippen molar-refractivity contribution in [3.63, 3.8) is 0 Å². The number of nitrogens with zero attached hydrogens (tertiary/aromatic N) is 1. The van der Waals surface area contributed by atoms with E-state index in [-0.39, 0.29) is 22.9 Å². The number of hydrogen-bond donors (Lipinski definition) is 2. The molecule has 1 atom stereocenters. The zero-order valence-electron chi connectivity index (χ0n) is 16.5. The smallest absolute Gasteiger partial charge is 0.243 e. The summed E-state index contributed by atoms with van der Waals surface area (Å²) in [5, 5.41) is 12.6. The number of benzene rings is 2. The van der Waals surface area contributed by atoms with Crippen molar-refractivity contribution in [2.75, 3.05) is 26.1 Å². The molecule has 0 spiro atoms. The summed E-state index contributed by atoms with van der Waals surface area (Å²) in [6, 6.07) is 8.29. The van der Waals surface area contributed by atoms with Gasteiger partial charge in [-0.1, -0.05) is 6.07 Å². The van der Waals surface area contributed by atoms with Gasteiger partial charge in [-0.3, -0.25) is 4.79 Å². The molecule has 0 saturated carbocycles. The van der Waals surface area contributed by atoms with Gasteiger partial charge in [-0.05, 0) is 49.6 Å². The van der Waals surface area contributed by atoms with Crippen molar-refractivity contribution in [3.05, 3.63) is 42.0 Å². The maximum Gasteiger partial charge on any atom is 0.243 e. The highest BCUT2D eigenvalue weighted by Gasteiger charge is 2.40. The molecule has 2 aromatic carbocycles. The number of anilines is 1. The Labute approximate surface area is 170 Å². The Morgan fingerprint density at radius 3 is 2.55 bits per heavy atom. The summed E-state index contributed by atoms with van der Waals surface area (Å²) in [4.78, 5) is 12.8. The first-order chi connectivity index (χ1) is 13.8. The van der Waals surface area contributed by atoms with Crippen molar-refractivity contribution in [2.24, 2.45) is 0 Å². The van der Waals surface area contributed by atoms with Gasteiger partial charge in [0, 0.05) is 12.6 Å². The first-order valence-electron chi connectivity index (χ1n) is 9.12. The number of methoxy groups -OCH3 is 2. The van der Waals surface area contributed by atoms with Crippen LogP contribution >= 0.6 is 0 Å². The average Bonchev–Trinajstić information content (AvgIpc) is 3.21. The lowest BCUT2D eigenvalue weighted by Crippen LogP contribution is -2.43. The molecule has 2 aromatic rings. The van der Waals surface area contributed by atoms with Gasteiger partial charge in [0.25, 0.3) is 0 Å². The minimum absolute atomic E-state index is 0.0215. The van der Waals surface area contributed by atoms with Crippen molar-refractivity contribution in [1.82, 2.24) is 4.31 Å². The lowest BCUT2D eigenvalue weighted by molar-refractivity contribution is -0.119. The lowest BCUT2D eigenvalue weighted by Gasteiger charge is -2.24. The molecule has 0 aliphatic carbocycles. The number of nitrogens with one attached hydrogen (secondary N) is 1. The number of phenols is 1. The molecule has 1 unspecified atom stereocenters. The molecule has 1 saturated heterocycles. The molecule has 2 N–H and O–H groups in total. The van der Waals surface area contributed by atoms with E-state index < -0.39 is 22.0 Å². The number of phenolic OH excluding ortho intramolecular Hbond substituents is 1. The first-order valence-corrected chi connectivity index (χ1v) is 10.6. The normalized spacial score (nSPS) is 17.1. The first kappa shape index (κ1) is 20.9. The predicted octanol–water partition coefficient (Wildman–Crippen LogP) is 2.51. The van der Waals surface area contributed by atoms with Crippen LogP contribution in [0.25, 0.3) is 0 Å². The van der Waals surface area contributed by atoms with E-state index in [1.807, 2.05) is 6.92 Å². The van der Waals surface area contributed by atoms with Crippen molar-refractivity contribution >= 4 is 21.6 Å². The zero-order valence-corrected chi connectivity index (χ0v) is 17.3. The van der Waals surface area contributed by atoms with Gasteiger partial charge in [-0.15, -0.1) is 0 Å². The molecule has 0 radical (unpaired) electrons. The van der Waals surface area contributed by atoms with E-state index in [0.29, 0.717) is 24.3 Å². The number of hydrogen-bond acceptors (Lipinski definition) is 6. The summed E-state index contributed by atoms with van der Waals surface area (Å²) in [5.74, 6) is 0.152. The molecule has 156 valence electrons. The molecule has 0 bridgehead atoms. The highest BCUT2D eigenvalue weighted by atomic mass is 32.2. The Kier molecular flexibility index (Phi) is 5.99. The molecule has 1 amide bonds. The minimum atomic E-state index is -3.93. The van der Waals surface area contributed by atoms with Gasteiger partial charge >= 0.3 is 0 Å². The molecule has 9 heteroatoms. The van der Waals surface area contributed by atoms with E-state index in [2.05, 4.69) is 5.32 Å². The van der Waals surface area contributed by atoms with Gasteiger partial charge in [0.15, 0.2) is 11.5 Å². The van der Waals surface area contributed by atoms with E-state index in [1.54, 1.807) is 12.1 Å². The van der Waals surface area contributed by atoms with Gasteiger partial charge in [0.1, 0.15) is 11.8 Å². The zero-order chi connectivity index (χ0) is 21.2. The molecule has 29 heavy (non-hydrogen) atoms. The van der Waals surface area contributed by atoms with Crippen LogP contribution in [0.5, 0.6) is 17.2 Å². The van der Waals surface area contributed by atoms with Crippen molar-refractivity contribution in [2.45, 2.75) is 30.7 Å². The van der Waals surface area contributed by atoms with Crippen LogP contribution in [0.1, 0.15) is 18.4 Å². The van der Waals surface area contributed by atoms with Gasteiger partial charge in [-0.2, -0.15) is 4.31 Å². The number of amides is 1. The second-order valence-corrected chi connectivity index (χ2v) is 8.69. The summed E-state index contributed by atoms with van der Waals surface area (Å²) < 4.78 is 37.9. The molecule has 0 aromatic heterocycles. The van der Waals surface area contributed by atoms with Gasteiger partial charge in [-0.25, -0.2) is 8.42 Å². The number of carbonyl (C=O) groups is 1. The van der Waals surface area contributed by atoms with Crippen LogP contribution in [0.4, 0.5) is 5.69 Å². The van der Waals surface area contributed by atoms with Crippen LogP contribution < -0.4 is 14.8 Å². The molecule has 8 nitrogen and oxygen atoms in total. The van der Waals surface area contributed by atoms with E-state index in [9.17, 15) is 18.3 Å². The Balaban J connectivity index is 1.87. The molecule has 1 aliphatic rings. The predicted molar refractivity (Wildman–Crippen MR) is 108 cm³/mol. The number of aromatic hydroxyl groups is 1. The van der Waals surface area contributed by atoms with Crippen molar-refractivity contribution < 1.29 is 27.8 Å². The van der Waals surface area contributed by atoms with Crippen LogP contribution in [-0.2, 0) is 14.8 Å². The molecule has 1 fully saturated rings. The van der Waals surface area contributed by atoms with Gasteiger partial charge in [0.2, 0.25) is 15.9 Å². The number of rotatable bonds is 6. The lowest BCUT2D eigenvalue weighted by atomic mass is 10.2. The molecule has 1 aliphatic heterocycles. The topological polar surface area (TPSA) is 105 Å². The highest BCUT2D eigenvalue weighted by molar-refractivity contribution is 7.89. The second-order valence-electron chi connectivity index (χ2n) is 6.80. The van der Waals surface area contributed by atoms with Crippen LogP contribution in [0.15, 0.2) is 41.3 Å². The van der Waals surface area contributed by atoms with E-state index in [1.165, 1.54) is 42.8 Å². The van der Waals surface area contributed by atoms with Crippen LogP contribution in [-0.4, -0.2) is 50.5 Å². The fourth-order valence-corrected chi connectivity index (χ4v) is 5.04. The highest BCUT2D eigenvalue weighted by Crippen LogP contribution is 2.33. The number of sulfonamides is 1. The second kappa shape index (κ2) is 8.30. The Morgan fingerprint density at radius 1 is 1.14 bits per heavy atom. The van der Waals surface area contributed by atoms with E-state index in [0.717, 1.165) is 5.56 Å². The summed E-state index contributed by atoms with van der Waals surface area (Å²) in [7, 11) is -1.04. The minimum Gasteiger partial charge on any atom is -0.506 e.